The van der Waals surface area contributed by atoms with Crippen molar-refractivity contribution in [3.05, 3.63) is 71.8 Å². The summed E-state index contributed by atoms with van der Waals surface area (Å²) < 4.78 is 5.23. The molecular formula is C22H27NO3. The molecule has 0 spiro atoms. The van der Waals surface area contributed by atoms with Crippen LogP contribution in [0.3, 0.4) is 0 Å². The molecule has 2 aromatic carbocycles. The summed E-state index contributed by atoms with van der Waals surface area (Å²) in [6, 6.07) is 18.7. The number of carbonyl (C=O) groups is 2. The summed E-state index contributed by atoms with van der Waals surface area (Å²) in [7, 11) is 0. The van der Waals surface area contributed by atoms with Crippen molar-refractivity contribution in [2.75, 3.05) is 6.61 Å². The molecule has 0 bridgehead atoms. The molecule has 2 aromatic rings. The lowest BCUT2D eigenvalue weighted by atomic mass is 9.91. The largest absolute Gasteiger partial charge is 0.466 e. The minimum absolute atomic E-state index is 0.140. The van der Waals surface area contributed by atoms with Gasteiger partial charge in [-0.1, -0.05) is 61.9 Å². The average Bonchev–Trinajstić information content (AvgIpc) is 2.68. The van der Waals surface area contributed by atoms with E-state index in [1.165, 1.54) is 0 Å². The van der Waals surface area contributed by atoms with Crippen molar-refractivity contribution in [1.82, 2.24) is 5.32 Å². The molecule has 0 fully saturated rings. The minimum atomic E-state index is -0.245. The molecule has 1 N–H and O–H groups in total. The molecule has 138 valence electrons. The lowest BCUT2D eigenvalue weighted by Crippen LogP contribution is -2.32. The van der Waals surface area contributed by atoms with E-state index in [-0.39, 0.29) is 23.8 Å². The zero-order valence-corrected chi connectivity index (χ0v) is 15.5. The van der Waals surface area contributed by atoms with Gasteiger partial charge >= 0.3 is 5.97 Å². The van der Waals surface area contributed by atoms with Crippen LogP contribution < -0.4 is 5.32 Å². The summed E-state index contributed by atoms with van der Waals surface area (Å²) in [6.45, 7) is 4.23. The van der Waals surface area contributed by atoms with Crippen molar-refractivity contribution in [1.29, 1.82) is 0 Å². The van der Waals surface area contributed by atoms with Crippen LogP contribution in [0.1, 0.15) is 55.1 Å². The highest BCUT2D eigenvalue weighted by atomic mass is 16.5. The maximum Gasteiger partial charge on any atom is 0.309 e. The molecule has 0 aliphatic carbocycles. The van der Waals surface area contributed by atoms with Crippen LogP contribution in [0, 0.1) is 5.92 Å². The number of ether oxygens (including phenoxy) is 1. The van der Waals surface area contributed by atoms with Gasteiger partial charge in [0, 0.05) is 5.56 Å². The van der Waals surface area contributed by atoms with Gasteiger partial charge in [-0.2, -0.15) is 0 Å². The molecule has 0 aliphatic rings. The van der Waals surface area contributed by atoms with E-state index in [0.29, 0.717) is 18.6 Å². The normalized spacial score (nSPS) is 12.8. The molecule has 0 radical (unpaired) electrons. The first-order valence-corrected chi connectivity index (χ1v) is 9.23. The second kappa shape index (κ2) is 10.4. The lowest BCUT2D eigenvalue weighted by molar-refractivity contribution is -0.148. The number of hydrogen-bond acceptors (Lipinski definition) is 3. The van der Waals surface area contributed by atoms with Crippen LogP contribution in [-0.2, 0) is 9.53 Å². The molecule has 0 saturated carbocycles. The van der Waals surface area contributed by atoms with Crippen molar-refractivity contribution in [2.24, 2.45) is 5.92 Å². The summed E-state index contributed by atoms with van der Waals surface area (Å²) in [6.07, 6.45) is 2.15. The average molecular weight is 353 g/mol. The Labute approximate surface area is 155 Å². The van der Waals surface area contributed by atoms with E-state index in [1.807, 2.05) is 62.4 Å². The van der Waals surface area contributed by atoms with Crippen LogP contribution in [0.4, 0.5) is 0 Å². The number of benzene rings is 2. The van der Waals surface area contributed by atoms with E-state index in [4.69, 9.17) is 4.74 Å². The molecular weight excluding hydrogens is 326 g/mol. The third kappa shape index (κ3) is 5.73. The third-order valence-corrected chi connectivity index (χ3v) is 4.32. The number of nitrogens with one attached hydrogen (secondary N) is 1. The van der Waals surface area contributed by atoms with E-state index in [2.05, 4.69) is 5.32 Å². The summed E-state index contributed by atoms with van der Waals surface area (Å²) in [5, 5.41) is 3.09. The minimum Gasteiger partial charge on any atom is -0.466 e. The molecule has 4 nitrogen and oxygen atoms in total. The Kier molecular flexibility index (Phi) is 7.87. The third-order valence-electron chi connectivity index (χ3n) is 4.32. The van der Waals surface area contributed by atoms with Gasteiger partial charge in [-0.3, -0.25) is 9.59 Å². The molecule has 2 atom stereocenters. The summed E-state index contributed by atoms with van der Waals surface area (Å²) in [5.74, 6) is -0.566. The van der Waals surface area contributed by atoms with Crippen LogP contribution >= 0.6 is 0 Å². The van der Waals surface area contributed by atoms with Crippen LogP contribution in [0.25, 0.3) is 0 Å². The zero-order valence-electron chi connectivity index (χ0n) is 15.5. The number of rotatable bonds is 9. The summed E-state index contributed by atoms with van der Waals surface area (Å²) >= 11 is 0. The first-order chi connectivity index (χ1) is 12.7. The molecule has 4 heteroatoms. The molecule has 0 saturated heterocycles. The standard InChI is InChI=1S/C22H27NO3/c1-3-11-19(22(25)26-4-2)16-20(17-12-7-5-8-13-17)23-21(24)18-14-9-6-10-15-18/h5-10,12-15,19-20H,3-4,11,16H2,1-2H3,(H,23,24)/t19-,20+/m0/s1. The molecule has 0 aliphatic heterocycles. The quantitative estimate of drug-likeness (QED) is 0.674. The van der Waals surface area contributed by atoms with Gasteiger partial charge in [-0.25, -0.2) is 0 Å². The monoisotopic (exact) mass is 353 g/mol. The topological polar surface area (TPSA) is 55.4 Å². The predicted molar refractivity (Wildman–Crippen MR) is 103 cm³/mol. The van der Waals surface area contributed by atoms with Crippen LogP contribution in [0.5, 0.6) is 0 Å². The Hall–Kier alpha value is -2.62. The van der Waals surface area contributed by atoms with E-state index in [0.717, 1.165) is 18.4 Å². The first kappa shape index (κ1) is 19.7. The molecule has 0 heterocycles. The maximum absolute atomic E-state index is 12.6. The number of amides is 1. The fourth-order valence-electron chi connectivity index (χ4n) is 3.02. The summed E-state index contributed by atoms with van der Waals surface area (Å²) in [4.78, 5) is 25.0. The Balaban J connectivity index is 2.20. The second-order valence-corrected chi connectivity index (χ2v) is 6.28. The molecule has 0 unspecified atom stereocenters. The Morgan fingerprint density at radius 3 is 2.15 bits per heavy atom. The fourth-order valence-corrected chi connectivity index (χ4v) is 3.02. The van der Waals surface area contributed by atoms with Crippen molar-refractivity contribution in [3.63, 3.8) is 0 Å². The van der Waals surface area contributed by atoms with Gasteiger partial charge in [0.05, 0.1) is 18.6 Å². The first-order valence-electron chi connectivity index (χ1n) is 9.23. The molecule has 1 amide bonds. The summed E-state index contributed by atoms with van der Waals surface area (Å²) in [5.41, 5.74) is 1.60. The van der Waals surface area contributed by atoms with E-state index in [1.54, 1.807) is 12.1 Å². The Morgan fingerprint density at radius 2 is 1.58 bits per heavy atom. The smallest absolute Gasteiger partial charge is 0.309 e. The van der Waals surface area contributed by atoms with Gasteiger partial charge in [0.15, 0.2) is 0 Å². The van der Waals surface area contributed by atoms with Gasteiger partial charge < -0.3 is 10.1 Å². The van der Waals surface area contributed by atoms with Crippen LogP contribution in [0.2, 0.25) is 0 Å². The van der Waals surface area contributed by atoms with Gasteiger partial charge in [-0.05, 0) is 37.5 Å². The van der Waals surface area contributed by atoms with Gasteiger partial charge in [0.1, 0.15) is 0 Å². The van der Waals surface area contributed by atoms with E-state index < -0.39 is 0 Å². The SMILES string of the molecule is CCC[C@@H](C[C@@H](NC(=O)c1ccccc1)c1ccccc1)C(=O)OCC. The Bertz CT molecular complexity index is 685. The molecule has 26 heavy (non-hydrogen) atoms. The van der Waals surface area contributed by atoms with Crippen molar-refractivity contribution < 1.29 is 14.3 Å². The van der Waals surface area contributed by atoms with Crippen LogP contribution in [-0.4, -0.2) is 18.5 Å². The second-order valence-electron chi connectivity index (χ2n) is 6.28. The molecule has 2 rings (SSSR count). The Morgan fingerprint density at radius 1 is 0.962 bits per heavy atom. The number of hydrogen-bond donors (Lipinski definition) is 1. The highest BCUT2D eigenvalue weighted by Crippen LogP contribution is 2.26. The van der Waals surface area contributed by atoms with Gasteiger partial charge in [-0.15, -0.1) is 0 Å². The van der Waals surface area contributed by atoms with Crippen molar-refractivity contribution in [3.8, 4) is 0 Å². The van der Waals surface area contributed by atoms with Crippen molar-refractivity contribution >= 4 is 11.9 Å². The number of carbonyl (C=O) groups excluding carboxylic acids is 2. The van der Waals surface area contributed by atoms with Crippen LogP contribution in [0.15, 0.2) is 60.7 Å². The van der Waals surface area contributed by atoms with Crippen molar-refractivity contribution in [2.45, 2.75) is 39.2 Å². The highest BCUT2D eigenvalue weighted by Gasteiger charge is 2.25. The van der Waals surface area contributed by atoms with Gasteiger partial charge in [0.25, 0.3) is 5.91 Å². The predicted octanol–water partition coefficient (Wildman–Crippen LogP) is 4.53. The highest BCUT2D eigenvalue weighted by molar-refractivity contribution is 5.94. The van der Waals surface area contributed by atoms with E-state index >= 15 is 0 Å². The fraction of sp³-hybridized carbons (Fsp3) is 0.364. The lowest BCUT2D eigenvalue weighted by Gasteiger charge is -2.24. The molecule has 0 aromatic heterocycles. The zero-order chi connectivity index (χ0) is 18.8. The number of esters is 1. The van der Waals surface area contributed by atoms with Gasteiger partial charge in [0.2, 0.25) is 0 Å². The maximum atomic E-state index is 12.6. The van der Waals surface area contributed by atoms with E-state index in [9.17, 15) is 9.59 Å².